The Kier molecular flexibility index (Phi) is 6.01. The van der Waals surface area contributed by atoms with Crippen LogP contribution in [0.1, 0.15) is 32.8 Å². The van der Waals surface area contributed by atoms with Gasteiger partial charge in [0, 0.05) is 17.1 Å². The predicted molar refractivity (Wildman–Crippen MR) is 80.9 cm³/mol. The molecule has 4 heteroatoms. The first-order chi connectivity index (χ1) is 8.82. The van der Waals surface area contributed by atoms with E-state index in [4.69, 9.17) is 5.11 Å². The summed E-state index contributed by atoms with van der Waals surface area (Å²) in [6.07, 6.45) is 0.945. The van der Waals surface area contributed by atoms with Crippen molar-refractivity contribution in [2.75, 3.05) is 6.61 Å². The fraction of sp³-hybridized carbons (Fsp3) is 0.533. The number of nitrogens with one attached hydrogen (secondary N) is 1. The van der Waals surface area contributed by atoms with E-state index in [9.17, 15) is 4.79 Å². The standard InChI is InChI=1S/C15H22BrNO2/c1-15(2,3)13(8-9-18)17-14(19)10-11-4-6-12(16)7-5-11/h4-7,13,18H,8-10H2,1-3H3,(H,17,19). The van der Waals surface area contributed by atoms with Gasteiger partial charge in [0.2, 0.25) is 5.91 Å². The molecular formula is C15H22BrNO2. The summed E-state index contributed by atoms with van der Waals surface area (Å²) in [5, 5.41) is 12.1. The molecule has 0 bridgehead atoms. The molecule has 0 aliphatic carbocycles. The van der Waals surface area contributed by atoms with E-state index in [1.165, 1.54) is 0 Å². The van der Waals surface area contributed by atoms with Crippen molar-refractivity contribution in [3.05, 3.63) is 34.3 Å². The van der Waals surface area contributed by atoms with Crippen LogP contribution < -0.4 is 5.32 Å². The average molecular weight is 328 g/mol. The molecule has 106 valence electrons. The van der Waals surface area contributed by atoms with Gasteiger partial charge in [0.15, 0.2) is 0 Å². The lowest BCUT2D eigenvalue weighted by Gasteiger charge is -2.31. The maximum Gasteiger partial charge on any atom is 0.224 e. The van der Waals surface area contributed by atoms with Crippen LogP contribution in [0.15, 0.2) is 28.7 Å². The first-order valence-corrected chi connectivity index (χ1v) is 7.27. The quantitative estimate of drug-likeness (QED) is 0.873. The molecule has 1 aromatic rings. The van der Waals surface area contributed by atoms with Crippen LogP contribution in [0, 0.1) is 5.41 Å². The number of aliphatic hydroxyl groups excluding tert-OH is 1. The molecular weight excluding hydrogens is 306 g/mol. The second-order valence-corrected chi connectivity index (χ2v) is 6.72. The lowest BCUT2D eigenvalue weighted by Crippen LogP contribution is -2.44. The minimum Gasteiger partial charge on any atom is -0.396 e. The van der Waals surface area contributed by atoms with Crippen LogP contribution in [-0.2, 0) is 11.2 Å². The fourth-order valence-corrected chi connectivity index (χ4v) is 2.15. The smallest absolute Gasteiger partial charge is 0.224 e. The van der Waals surface area contributed by atoms with E-state index in [2.05, 4.69) is 42.0 Å². The van der Waals surface area contributed by atoms with Crippen LogP contribution in [0.4, 0.5) is 0 Å². The van der Waals surface area contributed by atoms with E-state index in [0.29, 0.717) is 12.8 Å². The highest BCUT2D eigenvalue weighted by Gasteiger charge is 2.25. The van der Waals surface area contributed by atoms with Crippen molar-refractivity contribution in [2.45, 2.75) is 39.7 Å². The molecule has 0 heterocycles. The molecule has 19 heavy (non-hydrogen) atoms. The Balaban J connectivity index is 2.60. The van der Waals surface area contributed by atoms with Crippen molar-refractivity contribution in [3.8, 4) is 0 Å². The van der Waals surface area contributed by atoms with Crippen molar-refractivity contribution in [3.63, 3.8) is 0 Å². The number of amides is 1. The SMILES string of the molecule is CC(C)(C)C(CCO)NC(=O)Cc1ccc(Br)cc1. The number of rotatable bonds is 5. The zero-order chi connectivity index (χ0) is 14.5. The molecule has 1 atom stereocenters. The third-order valence-corrected chi connectivity index (χ3v) is 3.60. The zero-order valence-electron chi connectivity index (χ0n) is 11.7. The van der Waals surface area contributed by atoms with Crippen LogP contribution in [-0.4, -0.2) is 23.7 Å². The van der Waals surface area contributed by atoms with E-state index in [0.717, 1.165) is 10.0 Å². The van der Waals surface area contributed by atoms with Crippen LogP contribution in [0.25, 0.3) is 0 Å². The minimum absolute atomic E-state index is 0.00398. The normalized spacial score (nSPS) is 13.1. The van der Waals surface area contributed by atoms with Gasteiger partial charge < -0.3 is 10.4 Å². The summed E-state index contributed by atoms with van der Waals surface area (Å²) in [4.78, 5) is 12.0. The zero-order valence-corrected chi connectivity index (χ0v) is 13.3. The van der Waals surface area contributed by atoms with Gasteiger partial charge in [-0.3, -0.25) is 4.79 Å². The van der Waals surface area contributed by atoms with E-state index < -0.39 is 0 Å². The second-order valence-electron chi connectivity index (χ2n) is 5.80. The van der Waals surface area contributed by atoms with Crippen LogP contribution in [0.2, 0.25) is 0 Å². The van der Waals surface area contributed by atoms with Crippen LogP contribution in [0.3, 0.4) is 0 Å². The lowest BCUT2D eigenvalue weighted by atomic mass is 9.85. The molecule has 0 fully saturated rings. The van der Waals surface area contributed by atoms with Crippen molar-refractivity contribution in [1.29, 1.82) is 0 Å². The molecule has 0 aliphatic heterocycles. The summed E-state index contributed by atoms with van der Waals surface area (Å²) in [6.45, 7) is 6.27. The van der Waals surface area contributed by atoms with Crippen molar-refractivity contribution < 1.29 is 9.90 Å². The van der Waals surface area contributed by atoms with E-state index in [1.54, 1.807) is 0 Å². The van der Waals surface area contributed by atoms with Gasteiger partial charge >= 0.3 is 0 Å². The summed E-state index contributed by atoms with van der Waals surface area (Å²) in [7, 11) is 0. The number of hydrogen-bond donors (Lipinski definition) is 2. The maximum atomic E-state index is 12.0. The van der Waals surface area contributed by atoms with E-state index in [1.807, 2.05) is 24.3 Å². The van der Waals surface area contributed by atoms with E-state index in [-0.39, 0.29) is 24.0 Å². The number of carbonyl (C=O) groups excluding carboxylic acids is 1. The van der Waals surface area contributed by atoms with Gasteiger partial charge in [-0.1, -0.05) is 48.8 Å². The molecule has 0 saturated heterocycles. The molecule has 1 unspecified atom stereocenters. The average Bonchev–Trinajstić information content (AvgIpc) is 2.30. The third kappa shape index (κ3) is 5.74. The molecule has 3 nitrogen and oxygen atoms in total. The number of aliphatic hydroxyl groups is 1. The Morgan fingerprint density at radius 3 is 2.37 bits per heavy atom. The number of halogens is 1. The highest BCUT2D eigenvalue weighted by atomic mass is 79.9. The Morgan fingerprint density at radius 2 is 1.89 bits per heavy atom. The molecule has 1 rings (SSSR count). The number of hydrogen-bond acceptors (Lipinski definition) is 2. The molecule has 0 spiro atoms. The van der Waals surface area contributed by atoms with Gasteiger partial charge in [0.05, 0.1) is 6.42 Å². The highest BCUT2D eigenvalue weighted by molar-refractivity contribution is 9.10. The third-order valence-electron chi connectivity index (χ3n) is 3.08. The molecule has 0 aliphatic rings. The summed E-state index contributed by atoms with van der Waals surface area (Å²) >= 11 is 3.37. The van der Waals surface area contributed by atoms with Gasteiger partial charge in [0.1, 0.15) is 0 Å². The monoisotopic (exact) mass is 327 g/mol. The second kappa shape index (κ2) is 7.06. The lowest BCUT2D eigenvalue weighted by molar-refractivity contribution is -0.122. The van der Waals surface area contributed by atoms with E-state index >= 15 is 0 Å². The van der Waals surface area contributed by atoms with Gasteiger partial charge in [-0.25, -0.2) is 0 Å². The highest BCUT2D eigenvalue weighted by Crippen LogP contribution is 2.21. The molecule has 1 amide bonds. The molecule has 0 aromatic heterocycles. The van der Waals surface area contributed by atoms with Crippen molar-refractivity contribution in [1.82, 2.24) is 5.32 Å². The summed E-state index contributed by atoms with van der Waals surface area (Å²) < 4.78 is 1.00. The summed E-state index contributed by atoms with van der Waals surface area (Å²) in [6, 6.07) is 7.71. The largest absolute Gasteiger partial charge is 0.396 e. The maximum absolute atomic E-state index is 12.0. The number of benzene rings is 1. The number of carbonyl (C=O) groups is 1. The first-order valence-electron chi connectivity index (χ1n) is 6.47. The van der Waals surface area contributed by atoms with Crippen molar-refractivity contribution in [2.24, 2.45) is 5.41 Å². The molecule has 2 N–H and O–H groups in total. The Bertz CT molecular complexity index is 409. The van der Waals surface area contributed by atoms with Gasteiger partial charge in [-0.15, -0.1) is 0 Å². The summed E-state index contributed by atoms with van der Waals surface area (Å²) in [5.74, 6) is -0.00398. The van der Waals surface area contributed by atoms with Crippen molar-refractivity contribution >= 4 is 21.8 Å². The Morgan fingerprint density at radius 1 is 1.32 bits per heavy atom. The van der Waals surface area contributed by atoms with Gasteiger partial charge in [-0.05, 0) is 29.5 Å². The van der Waals surface area contributed by atoms with Crippen LogP contribution >= 0.6 is 15.9 Å². The van der Waals surface area contributed by atoms with Gasteiger partial charge in [-0.2, -0.15) is 0 Å². The Labute approximate surface area is 123 Å². The molecule has 0 saturated carbocycles. The fourth-order valence-electron chi connectivity index (χ4n) is 1.88. The predicted octanol–water partition coefficient (Wildman–Crippen LogP) is 2.90. The topological polar surface area (TPSA) is 49.3 Å². The molecule has 0 radical (unpaired) electrons. The molecule has 1 aromatic carbocycles. The summed E-state index contributed by atoms with van der Waals surface area (Å²) in [5.41, 5.74) is 0.926. The first kappa shape index (κ1) is 16.2. The van der Waals surface area contributed by atoms with Crippen LogP contribution in [0.5, 0.6) is 0 Å². The van der Waals surface area contributed by atoms with Gasteiger partial charge in [0.25, 0.3) is 0 Å². The Hall–Kier alpha value is -0.870. The minimum atomic E-state index is -0.0574.